The summed E-state index contributed by atoms with van der Waals surface area (Å²) in [6.07, 6.45) is 1.44. The van der Waals surface area contributed by atoms with Crippen LogP contribution in [0.25, 0.3) is 0 Å². The molecule has 0 radical (unpaired) electrons. The minimum Gasteiger partial charge on any atom is -0.244 e. The summed E-state index contributed by atoms with van der Waals surface area (Å²) < 4.78 is 24.8. The van der Waals surface area contributed by atoms with Crippen molar-refractivity contribution >= 4 is 21.4 Å². The van der Waals surface area contributed by atoms with Crippen LogP contribution in [0.4, 0.5) is 0 Å². The summed E-state index contributed by atoms with van der Waals surface area (Å²) in [6.45, 7) is 0. The van der Waals surface area contributed by atoms with Crippen LogP contribution in [0.3, 0.4) is 0 Å². The maximum Gasteiger partial charge on any atom is 0.198 e. The Morgan fingerprint density at radius 1 is 1.16 bits per heavy atom. The quantitative estimate of drug-likeness (QED) is 0.816. The monoisotopic (exact) mass is 292 g/mol. The molecule has 1 atom stereocenters. The van der Waals surface area contributed by atoms with Crippen LogP contribution >= 0.6 is 11.6 Å². The van der Waals surface area contributed by atoms with Gasteiger partial charge in [-0.1, -0.05) is 35.9 Å². The van der Waals surface area contributed by atoms with Gasteiger partial charge in [-0.3, -0.25) is 0 Å². The predicted molar refractivity (Wildman–Crippen MR) is 71.2 cm³/mol. The third-order valence-corrected chi connectivity index (χ3v) is 4.79. The van der Waals surface area contributed by atoms with Gasteiger partial charge < -0.3 is 0 Å². The van der Waals surface area contributed by atoms with Gasteiger partial charge in [0.05, 0.1) is 11.0 Å². The molecule has 1 heterocycles. The highest BCUT2D eigenvalue weighted by Crippen LogP contribution is 2.31. The summed E-state index contributed by atoms with van der Waals surface area (Å²) in [6, 6.07) is 12.6. The van der Waals surface area contributed by atoms with Gasteiger partial charge >= 0.3 is 0 Å². The number of rotatable bonds is 3. The van der Waals surface area contributed by atoms with Crippen molar-refractivity contribution in [2.45, 2.75) is 10.1 Å². The fourth-order valence-corrected chi connectivity index (χ4v) is 3.41. The molecule has 0 N–H and O–H groups in total. The lowest BCUT2D eigenvalue weighted by atomic mass is 10.2. The van der Waals surface area contributed by atoms with E-state index in [1.54, 1.807) is 30.3 Å². The number of nitrogens with zero attached hydrogens (tertiary/aromatic N) is 2. The van der Waals surface area contributed by atoms with Gasteiger partial charge in [-0.05, 0) is 18.2 Å². The van der Waals surface area contributed by atoms with E-state index < -0.39 is 15.1 Å². The summed E-state index contributed by atoms with van der Waals surface area (Å²) in [5.74, 6) is 0. The molecule has 4 nitrogen and oxygen atoms in total. The van der Waals surface area contributed by atoms with Crippen LogP contribution in [0.5, 0.6) is 0 Å². The first-order valence-electron chi connectivity index (χ1n) is 5.36. The molecule has 0 saturated heterocycles. The van der Waals surface area contributed by atoms with Crippen LogP contribution in [0, 0.1) is 11.3 Å². The van der Waals surface area contributed by atoms with E-state index in [-0.39, 0.29) is 15.6 Å². The van der Waals surface area contributed by atoms with E-state index in [9.17, 15) is 13.7 Å². The highest BCUT2D eigenvalue weighted by Gasteiger charge is 2.30. The van der Waals surface area contributed by atoms with Gasteiger partial charge in [0, 0.05) is 11.8 Å². The lowest BCUT2D eigenvalue weighted by molar-refractivity contribution is 0.591. The molecule has 96 valence electrons. The molecule has 2 aromatic rings. The van der Waals surface area contributed by atoms with E-state index in [0.717, 1.165) is 0 Å². The molecule has 0 aliphatic heterocycles. The van der Waals surface area contributed by atoms with Gasteiger partial charge in [-0.25, -0.2) is 13.4 Å². The molecule has 0 spiro atoms. The third kappa shape index (κ3) is 2.60. The molecule has 0 bridgehead atoms. The Morgan fingerprint density at radius 3 is 2.42 bits per heavy atom. The Bertz CT molecular complexity index is 724. The molecule has 0 aliphatic rings. The molecule has 1 unspecified atom stereocenters. The number of aromatic nitrogens is 1. The third-order valence-electron chi connectivity index (χ3n) is 2.57. The average Bonchev–Trinajstić information content (AvgIpc) is 2.42. The van der Waals surface area contributed by atoms with E-state index >= 15 is 0 Å². The van der Waals surface area contributed by atoms with Gasteiger partial charge in [0.2, 0.25) is 0 Å². The molecule has 1 aromatic heterocycles. The SMILES string of the molecule is N#CC(c1cccnc1Cl)S(=O)(=O)c1ccccc1. The zero-order valence-corrected chi connectivity index (χ0v) is 11.3. The van der Waals surface area contributed by atoms with Crippen molar-refractivity contribution in [3.63, 3.8) is 0 Å². The molecule has 0 aliphatic carbocycles. The fraction of sp³-hybridized carbons (Fsp3) is 0.0769. The number of hydrogen-bond donors (Lipinski definition) is 0. The van der Waals surface area contributed by atoms with Crippen molar-refractivity contribution in [1.29, 1.82) is 5.26 Å². The molecule has 6 heteroatoms. The topological polar surface area (TPSA) is 70.8 Å². The first kappa shape index (κ1) is 13.5. The van der Waals surface area contributed by atoms with E-state index in [0.29, 0.717) is 0 Å². The Hall–Kier alpha value is -1.90. The average molecular weight is 293 g/mol. The molecule has 0 fully saturated rings. The second-order valence-corrected chi connectivity index (χ2v) is 6.14. The van der Waals surface area contributed by atoms with Crippen molar-refractivity contribution in [1.82, 2.24) is 4.98 Å². The maximum absolute atomic E-state index is 12.4. The number of pyridine rings is 1. The molecular weight excluding hydrogens is 284 g/mol. The lowest BCUT2D eigenvalue weighted by Crippen LogP contribution is -2.13. The summed E-state index contributed by atoms with van der Waals surface area (Å²) in [5, 5.41) is 7.84. The van der Waals surface area contributed by atoms with E-state index in [2.05, 4.69) is 4.98 Å². The summed E-state index contributed by atoms with van der Waals surface area (Å²) in [4.78, 5) is 3.89. The fourth-order valence-electron chi connectivity index (χ4n) is 1.65. The van der Waals surface area contributed by atoms with Crippen molar-refractivity contribution in [3.8, 4) is 6.07 Å². The first-order chi connectivity index (χ1) is 9.07. The van der Waals surface area contributed by atoms with Gasteiger partial charge in [0.15, 0.2) is 15.1 Å². The van der Waals surface area contributed by atoms with Gasteiger partial charge in [-0.2, -0.15) is 5.26 Å². The number of sulfone groups is 1. The molecule has 2 rings (SSSR count). The Morgan fingerprint density at radius 2 is 1.84 bits per heavy atom. The largest absolute Gasteiger partial charge is 0.244 e. The van der Waals surface area contributed by atoms with Crippen LogP contribution in [-0.2, 0) is 9.84 Å². The predicted octanol–water partition coefficient (Wildman–Crippen LogP) is 2.77. The second kappa shape index (κ2) is 5.39. The minimum atomic E-state index is -3.81. The summed E-state index contributed by atoms with van der Waals surface area (Å²) in [7, 11) is -3.81. The highest BCUT2D eigenvalue weighted by molar-refractivity contribution is 7.92. The molecule has 19 heavy (non-hydrogen) atoms. The van der Waals surface area contributed by atoms with E-state index in [1.807, 2.05) is 0 Å². The van der Waals surface area contributed by atoms with E-state index in [4.69, 9.17) is 11.6 Å². The van der Waals surface area contributed by atoms with E-state index in [1.165, 1.54) is 24.4 Å². The summed E-state index contributed by atoms with van der Waals surface area (Å²) in [5.41, 5.74) is 0.190. The van der Waals surface area contributed by atoms with Crippen LogP contribution in [-0.4, -0.2) is 13.4 Å². The maximum atomic E-state index is 12.4. The standard InChI is InChI=1S/C13H9ClN2O2S/c14-13-11(7-4-8-16-13)12(9-15)19(17,18)10-5-2-1-3-6-10/h1-8,12H. The minimum absolute atomic E-state index is 0.0218. The normalized spacial score (nSPS) is 12.6. The summed E-state index contributed by atoms with van der Waals surface area (Å²) >= 11 is 5.86. The molecular formula is C13H9ClN2O2S. The van der Waals surface area contributed by atoms with Crippen LogP contribution in [0.1, 0.15) is 10.8 Å². The molecule has 0 amide bonds. The number of benzene rings is 1. The zero-order valence-electron chi connectivity index (χ0n) is 9.69. The smallest absolute Gasteiger partial charge is 0.198 e. The molecule has 1 aromatic carbocycles. The van der Waals surface area contributed by atoms with Crippen molar-refractivity contribution in [3.05, 3.63) is 59.4 Å². The zero-order chi connectivity index (χ0) is 13.9. The number of hydrogen-bond acceptors (Lipinski definition) is 4. The van der Waals surface area contributed by atoms with Gasteiger partial charge in [0.25, 0.3) is 0 Å². The van der Waals surface area contributed by atoms with Gasteiger partial charge in [0.1, 0.15) is 5.15 Å². The lowest BCUT2D eigenvalue weighted by Gasteiger charge is -2.11. The van der Waals surface area contributed by atoms with Crippen LogP contribution in [0.2, 0.25) is 5.15 Å². The Kier molecular flexibility index (Phi) is 3.84. The second-order valence-electron chi connectivity index (χ2n) is 3.75. The van der Waals surface area contributed by atoms with Crippen molar-refractivity contribution < 1.29 is 8.42 Å². The Labute approximate surface area is 116 Å². The first-order valence-corrected chi connectivity index (χ1v) is 7.29. The highest BCUT2D eigenvalue weighted by atomic mass is 35.5. The van der Waals surface area contributed by atoms with Crippen LogP contribution < -0.4 is 0 Å². The van der Waals surface area contributed by atoms with Crippen LogP contribution in [0.15, 0.2) is 53.6 Å². The molecule has 0 saturated carbocycles. The van der Waals surface area contributed by atoms with Crippen molar-refractivity contribution in [2.75, 3.05) is 0 Å². The van der Waals surface area contributed by atoms with Crippen molar-refractivity contribution in [2.24, 2.45) is 0 Å². The van der Waals surface area contributed by atoms with Gasteiger partial charge in [-0.15, -0.1) is 0 Å². The number of nitriles is 1. The Balaban J connectivity index is 2.56. The number of halogens is 1.